The highest BCUT2D eigenvalue weighted by Gasteiger charge is 2.33. The Hall–Kier alpha value is -7.56. The van der Waals surface area contributed by atoms with Crippen LogP contribution >= 0.6 is 0 Å². The van der Waals surface area contributed by atoms with Gasteiger partial charge >= 0.3 is 0 Å². The molecule has 0 spiro atoms. The Balaban J connectivity index is 1.25. The fraction of sp³-hybridized carbons (Fsp3) is 0.333. The fourth-order valence-electron chi connectivity index (χ4n) is 13.3. The molecule has 82 heavy (non-hydrogen) atoms. The highest BCUT2D eigenvalue weighted by Crippen LogP contribution is 2.55. The average Bonchev–Trinajstić information content (AvgIpc) is 1.17. The molecule has 4 heteroatoms. The number of benzene rings is 10. The maximum Gasteiger partial charge on any atom is 0.159 e. The fourth-order valence-corrected chi connectivity index (χ4v) is 13.3. The maximum absolute atomic E-state index is 7.42. The van der Waals surface area contributed by atoms with Crippen LogP contribution in [0, 0.1) is 27.7 Å². The Morgan fingerprint density at radius 1 is 0.317 bits per heavy atom. The maximum atomic E-state index is 7.42. The first-order valence-corrected chi connectivity index (χ1v) is 30.1. The zero-order valence-electron chi connectivity index (χ0n) is 52.6. The molecule has 0 aliphatic heterocycles. The molecule has 0 bridgehead atoms. The zero-order chi connectivity index (χ0) is 58.6. The first-order chi connectivity index (χ1) is 38.5. The summed E-state index contributed by atoms with van der Waals surface area (Å²) in [5, 5.41) is 12.1. The van der Waals surface area contributed by atoms with Crippen molar-refractivity contribution in [3.05, 3.63) is 189 Å². The van der Waals surface area contributed by atoms with Crippen LogP contribution in [0.4, 0.5) is 34.1 Å². The van der Waals surface area contributed by atoms with Crippen LogP contribution in [0.15, 0.2) is 142 Å². The van der Waals surface area contributed by atoms with Gasteiger partial charge in [-0.15, -0.1) is 0 Å². The first-order valence-electron chi connectivity index (χ1n) is 30.1. The summed E-state index contributed by atoms with van der Waals surface area (Å²) in [5.74, 6) is 0.415. The summed E-state index contributed by atoms with van der Waals surface area (Å²) in [6.07, 6.45) is 0. The van der Waals surface area contributed by atoms with Crippen LogP contribution < -0.4 is 9.80 Å². The lowest BCUT2D eigenvalue weighted by Gasteiger charge is -2.34. The molecule has 0 aliphatic rings. The van der Waals surface area contributed by atoms with E-state index in [4.69, 9.17) is 8.83 Å². The van der Waals surface area contributed by atoms with Crippen LogP contribution in [-0.2, 0) is 21.7 Å². The van der Waals surface area contributed by atoms with E-state index < -0.39 is 0 Å². The number of aryl methyl sites for hydroxylation is 4. The number of hydrogen-bond acceptors (Lipinski definition) is 4. The number of nitrogens with zero attached hydrogens (tertiary/aromatic N) is 2. The van der Waals surface area contributed by atoms with Crippen molar-refractivity contribution in [1.82, 2.24) is 0 Å². The van der Waals surface area contributed by atoms with E-state index in [0.717, 1.165) is 89.1 Å². The highest BCUT2D eigenvalue weighted by atomic mass is 16.3. The lowest BCUT2D eigenvalue weighted by atomic mass is 9.83. The van der Waals surface area contributed by atoms with Crippen LogP contribution in [0.2, 0.25) is 0 Å². The molecule has 0 unspecified atom stereocenters. The molecule has 0 atom stereocenters. The molecule has 0 radical (unpaired) electrons. The molecule has 418 valence electrons. The van der Waals surface area contributed by atoms with E-state index >= 15 is 0 Å². The normalized spacial score (nSPS) is 13.1. The molecule has 0 amide bonds. The Morgan fingerprint density at radius 3 is 0.988 bits per heavy atom. The number of anilines is 6. The predicted octanol–water partition coefficient (Wildman–Crippen LogP) is 24.0. The SMILES string of the molecule is Cc1ccc(C(C)(C)C)cc1N(c1cc(C(C)C)c2ccc3c(N(c4cc(C(C)(C)C)ccc4C)c4c(C)ccc5c4oc4c(C(C)(C)C)cccc45)cc(C(C)C)c4ccc1c2c43)c1c(C)ccc2c1oc1c(C(C)(C)C)cccc12. The molecular formula is C78H84N2O2. The number of furan rings is 2. The Bertz CT molecular complexity index is 4250. The molecular weight excluding hydrogens is 997 g/mol. The summed E-state index contributed by atoms with van der Waals surface area (Å²) >= 11 is 0. The summed E-state index contributed by atoms with van der Waals surface area (Å²) in [4.78, 5) is 5.18. The zero-order valence-corrected chi connectivity index (χ0v) is 52.6. The number of fused-ring (bicyclic) bond motifs is 6. The molecule has 2 aromatic heterocycles. The van der Waals surface area contributed by atoms with Gasteiger partial charge in [0.1, 0.15) is 11.2 Å². The van der Waals surface area contributed by atoms with Crippen molar-refractivity contribution in [3.63, 3.8) is 0 Å². The van der Waals surface area contributed by atoms with Crippen LogP contribution in [0.3, 0.4) is 0 Å². The Morgan fingerprint density at radius 2 is 0.646 bits per heavy atom. The second-order valence-corrected chi connectivity index (χ2v) is 28.8. The summed E-state index contributed by atoms with van der Waals surface area (Å²) in [5.41, 5.74) is 22.3. The van der Waals surface area contributed by atoms with Gasteiger partial charge in [-0.2, -0.15) is 0 Å². The summed E-state index contributed by atoms with van der Waals surface area (Å²) in [7, 11) is 0. The molecule has 10 aromatic carbocycles. The van der Waals surface area contributed by atoms with Gasteiger partial charge < -0.3 is 18.6 Å². The number of para-hydroxylation sites is 2. The van der Waals surface area contributed by atoms with E-state index in [2.05, 4.69) is 282 Å². The van der Waals surface area contributed by atoms with Gasteiger partial charge in [0.15, 0.2) is 11.2 Å². The van der Waals surface area contributed by atoms with Gasteiger partial charge in [-0.3, -0.25) is 0 Å². The van der Waals surface area contributed by atoms with E-state index in [1.807, 2.05) is 0 Å². The third-order valence-electron chi connectivity index (χ3n) is 18.0. The van der Waals surface area contributed by atoms with Crippen molar-refractivity contribution in [1.29, 1.82) is 0 Å². The largest absolute Gasteiger partial charge is 0.454 e. The molecule has 0 N–H and O–H groups in total. The Labute approximate surface area is 487 Å². The second-order valence-electron chi connectivity index (χ2n) is 28.8. The topological polar surface area (TPSA) is 32.8 Å². The van der Waals surface area contributed by atoms with E-state index in [1.165, 1.54) is 76.8 Å². The number of hydrogen-bond donors (Lipinski definition) is 0. The van der Waals surface area contributed by atoms with Crippen molar-refractivity contribution in [3.8, 4) is 0 Å². The molecule has 12 rings (SSSR count). The monoisotopic (exact) mass is 1080 g/mol. The minimum absolute atomic E-state index is 0.0951. The van der Waals surface area contributed by atoms with Crippen molar-refractivity contribution >= 4 is 110 Å². The van der Waals surface area contributed by atoms with Gasteiger partial charge in [-0.05, 0) is 152 Å². The molecule has 2 heterocycles. The van der Waals surface area contributed by atoms with Crippen LogP contribution in [0.25, 0.3) is 76.2 Å². The van der Waals surface area contributed by atoms with Gasteiger partial charge in [0.2, 0.25) is 0 Å². The summed E-state index contributed by atoms with van der Waals surface area (Å²) in [6.45, 7) is 46.2. The lowest BCUT2D eigenvalue weighted by Crippen LogP contribution is -2.18. The van der Waals surface area contributed by atoms with Crippen LogP contribution in [-0.4, -0.2) is 0 Å². The minimum Gasteiger partial charge on any atom is -0.454 e. The molecule has 0 saturated carbocycles. The predicted molar refractivity (Wildman–Crippen MR) is 356 cm³/mol. The molecule has 12 aromatic rings. The standard InChI is InChI=1S/C78H84N2O2/c1-43(2)59-41-65(79(63-39-49(75(9,10)11)31-27-45(63)5)69-47(7)29-33-55-53-23-21-25-61(77(15,16)17)71(53)81-73(55)69)57-38-36-52-60(44(3)4)42-66(58-37-35-51(59)67(57)68(52)58)80(64-40-50(76(12,13)14)32-28-46(64)6)70-48(8)30-34-56-54-24-22-26-62(78(18,19)20)72(54)82-74(56)70/h21-44H,1-20H3. The smallest absolute Gasteiger partial charge is 0.159 e. The quantitative estimate of drug-likeness (QED) is 0.142. The van der Waals surface area contributed by atoms with Gasteiger partial charge in [-0.25, -0.2) is 0 Å². The van der Waals surface area contributed by atoms with Crippen molar-refractivity contribution in [2.45, 2.75) is 172 Å². The Kier molecular flexibility index (Phi) is 12.7. The third kappa shape index (κ3) is 8.68. The van der Waals surface area contributed by atoms with Crippen molar-refractivity contribution < 1.29 is 8.83 Å². The van der Waals surface area contributed by atoms with Crippen molar-refractivity contribution in [2.24, 2.45) is 0 Å². The number of rotatable bonds is 8. The van der Waals surface area contributed by atoms with Gasteiger partial charge in [0.25, 0.3) is 0 Å². The van der Waals surface area contributed by atoms with E-state index in [1.54, 1.807) is 0 Å². The van der Waals surface area contributed by atoms with Gasteiger partial charge in [0.05, 0.1) is 22.7 Å². The van der Waals surface area contributed by atoms with Gasteiger partial charge in [0, 0.05) is 54.8 Å². The minimum atomic E-state index is -0.122. The van der Waals surface area contributed by atoms with E-state index in [-0.39, 0.29) is 33.5 Å². The van der Waals surface area contributed by atoms with E-state index in [9.17, 15) is 0 Å². The third-order valence-corrected chi connectivity index (χ3v) is 18.0. The molecule has 0 fully saturated rings. The van der Waals surface area contributed by atoms with E-state index in [0.29, 0.717) is 0 Å². The second kappa shape index (κ2) is 19.0. The average molecular weight is 1080 g/mol. The molecule has 0 aliphatic carbocycles. The molecule has 0 saturated heterocycles. The lowest BCUT2D eigenvalue weighted by molar-refractivity contribution is 0.572. The molecule has 4 nitrogen and oxygen atoms in total. The highest BCUT2D eigenvalue weighted by molar-refractivity contribution is 6.30. The summed E-state index contributed by atoms with van der Waals surface area (Å²) in [6, 6.07) is 51.6. The summed E-state index contributed by atoms with van der Waals surface area (Å²) < 4.78 is 14.8. The first kappa shape index (κ1) is 55.0. The van der Waals surface area contributed by atoms with Crippen LogP contribution in [0.5, 0.6) is 0 Å². The van der Waals surface area contributed by atoms with Crippen molar-refractivity contribution in [2.75, 3.05) is 9.80 Å². The van der Waals surface area contributed by atoms with Crippen LogP contribution in [0.1, 0.15) is 178 Å². The van der Waals surface area contributed by atoms with Gasteiger partial charge in [-0.1, -0.05) is 220 Å².